The molecule has 0 saturated carbocycles. The molecule has 0 N–H and O–H groups in total. The molecule has 2 nitrogen and oxygen atoms in total. The number of nitriles is 1. The van der Waals surface area contributed by atoms with Crippen LogP contribution in [0.4, 0.5) is 5.69 Å². The molecule has 0 amide bonds. The van der Waals surface area contributed by atoms with Crippen LogP contribution in [0.5, 0.6) is 0 Å². The Morgan fingerprint density at radius 1 is 1.00 bits per heavy atom. The fourth-order valence-corrected chi connectivity index (χ4v) is 1.75. The lowest BCUT2D eigenvalue weighted by molar-refractivity contribution is 0.564. The molecule has 0 bridgehead atoms. The predicted octanol–water partition coefficient (Wildman–Crippen LogP) is 2.89. The summed E-state index contributed by atoms with van der Waals surface area (Å²) in [7, 11) is 3.78. The third-order valence-corrected chi connectivity index (χ3v) is 2.62. The summed E-state index contributed by atoms with van der Waals surface area (Å²) in [5.41, 5.74) is 1.04. The molecule has 0 aromatic heterocycles. The van der Waals surface area contributed by atoms with Gasteiger partial charge in [0.05, 0.1) is 14.1 Å². The molecule has 2 aromatic carbocycles. The van der Waals surface area contributed by atoms with Crippen molar-refractivity contribution in [2.24, 2.45) is 0 Å². The fraction of sp³-hybridized carbons (Fsp3) is 0.154. The minimum atomic E-state index is 0.237. The smallest absolute Gasteiger partial charge is 0.196 e. The Labute approximate surface area is 89.6 Å². The number of fused-ring (bicyclic) bond motifs is 1. The molecule has 74 valence electrons. The highest BCUT2D eigenvalue weighted by molar-refractivity contribution is 5.93. The van der Waals surface area contributed by atoms with Gasteiger partial charge in [-0.3, -0.25) is 0 Å². The van der Waals surface area contributed by atoms with Crippen molar-refractivity contribution in [3.05, 3.63) is 42.5 Å². The highest BCUT2D eigenvalue weighted by Crippen LogP contribution is 2.28. The van der Waals surface area contributed by atoms with Crippen molar-refractivity contribution in [1.29, 1.82) is 5.26 Å². The molecule has 0 aliphatic carbocycles. The summed E-state index contributed by atoms with van der Waals surface area (Å²) in [6.07, 6.45) is 2.29. The van der Waals surface area contributed by atoms with Gasteiger partial charge in [0.15, 0.2) is 5.69 Å². The average Bonchev–Trinajstić information content (AvgIpc) is 2.28. The number of rotatable bonds is 1. The molecule has 2 heteroatoms. The molecule has 0 aliphatic rings. The van der Waals surface area contributed by atoms with Gasteiger partial charge in [-0.2, -0.15) is 4.48 Å². The zero-order valence-corrected chi connectivity index (χ0v) is 8.94. The second-order valence-corrected chi connectivity index (χ2v) is 4.05. The maximum Gasteiger partial charge on any atom is 0.313 e. The number of hydrogen-bond acceptors (Lipinski definition) is 1. The normalized spacial score (nSPS) is 11.3. The standard InChI is InChI=1S/C13H13N2/c1-15(2,10-14)13-9-5-7-11-6-3-4-8-12(11)13/h3-9H,1-2H3/q+1. The highest BCUT2D eigenvalue weighted by atomic mass is 15.3. The monoisotopic (exact) mass is 197 g/mol. The van der Waals surface area contributed by atoms with Crippen LogP contribution in [0.2, 0.25) is 0 Å². The second kappa shape index (κ2) is 3.38. The largest absolute Gasteiger partial charge is 0.313 e. The van der Waals surface area contributed by atoms with Gasteiger partial charge in [0.25, 0.3) is 0 Å². The van der Waals surface area contributed by atoms with Crippen molar-refractivity contribution in [2.75, 3.05) is 14.1 Å². The number of quaternary nitrogens is 1. The lowest BCUT2D eigenvalue weighted by Gasteiger charge is -2.19. The predicted molar refractivity (Wildman–Crippen MR) is 63.2 cm³/mol. The number of nitrogens with zero attached hydrogens (tertiary/aromatic N) is 2. The molecule has 0 heterocycles. The van der Waals surface area contributed by atoms with Crippen LogP contribution in [0.15, 0.2) is 42.5 Å². The number of hydrogen-bond donors (Lipinski definition) is 0. The summed E-state index contributed by atoms with van der Waals surface area (Å²) >= 11 is 0. The Morgan fingerprint density at radius 3 is 2.40 bits per heavy atom. The Balaban J connectivity index is 2.78. The van der Waals surface area contributed by atoms with Crippen molar-refractivity contribution >= 4 is 16.5 Å². The van der Waals surface area contributed by atoms with E-state index in [4.69, 9.17) is 5.26 Å². The first-order valence-electron chi connectivity index (χ1n) is 4.89. The Bertz CT molecular complexity index is 530. The molecule has 0 fully saturated rings. The van der Waals surface area contributed by atoms with E-state index in [0.29, 0.717) is 0 Å². The van der Waals surface area contributed by atoms with E-state index in [1.54, 1.807) is 0 Å². The van der Waals surface area contributed by atoms with Crippen LogP contribution in [0.25, 0.3) is 10.8 Å². The SMILES string of the molecule is C[N+](C)(C#N)c1cccc2ccccc12. The van der Waals surface area contributed by atoms with E-state index in [0.717, 1.165) is 11.1 Å². The van der Waals surface area contributed by atoms with Gasteiger partial charge in [-0.05, 0) is 11.5 Å². The molecule has 0 saturated heterocycles. The van der Waals surface area contributed by atoms with E-state index in [1.165, 1.54) is 5.39 Å². The van der Waals surface area contributed by atoms with E-state index in [1.807, 2.05) is 38.4 Å². The average molecular weight is 197 g/mol. The molecule has 0 aliphatic heterocycles. The zero-order chi connectivity index (χ0) is 10.9. The topological polar surface area (TPSA) is 23.8 Å². The maximum atomic E-state index is 9.13. The minimum absolute atomic E-state index is 0.237. The van der Waals surface area contributed by atoms with Crippen LogP contribution in [0.1, 0.15) is 0 Å². The molecule has 2 rings (SSSR count). The lowest BCUT2D eigenvalue weighted by Crippen LogP contribution is -2.34. The van der Waals surface area contributed by atoms with E-state index < -0.39 is 0 Å². The van der Waals surface area contributed by atoms with Crippen molar-refractivity contribution < 1.29 is 0 Å². The first kappa shape index (κ1) is 9.70. The van der Waals surface area contributed by atoms with Gasteiger partial charge in [0.1, 0.15) is 0 Å². The first-order chi connectivity index (χ1) is 7.15. The van der Waals surface area contributed by atoms with Crippen LogP contribution in [-0.4, -0.2) is 14.1 Å². The van der Waals surface area contributed by atoms with Crippen molar-refractivity contribution in [3.8, 4) is 6.19 Å². The van der Waals surface area contributed by atoms with Crippen molar-refractivity contribution in [3.63, 3.8) is 0 Å². The van der Waals surface area contributed by atoms with E-state index in [-0.39, 0.29) is 4.48 Å². The summed E-state index contributed by atoms with van der Waals surface area (Å²) in [5.74, 6) is 0. The second-order valence-electron chi connectivity index (χ2n) is 4.05. The van der Waals surface area contributed by atoms with Crippen LogP contribution in [-0.2, 0) is 0 Å². The lowest BCUT2D eigenvalue weighted by atomic mass is 10.1. The van der Waals surface area contributed by atoms with Gasteiger partial charge in [-0.1, -0.05) is 30.3 Å². The van der Waals surface area contributed by atoms with Gasteiger partial charge >= 0.3 is 6.19 Å². The van der Waals surface area contributed by atoms with Gasteiger partial charge in [-0.15, -0.1) is 5.26 Å². The molecule has 0 radical (unpaired) electrons. The van der Waals surface area contributed by atoms with Crippen molar-refractivity contribution in [2.45, 2.75) is 0 Å². The van der Waals surface area contributed by atoms with Crippen LogP contribution < -0.4 is 4.48 Å². The molecule has 15 heavy (non-hydrogen) atoms. The maximum absolute atomic E-state index is 9.13. The van der Waals surface area contributed by atoms with E-state index in [9.17, 15) is 0 Å². The molecular formula is C13H13N2+. The van der Waals surface area contributed by atoms with Gasteiger partial charge in [-0.25, -0.2) is 0 Å². The van der Waals surface area contributed by atoms with Gasteiger partial charge in [0.2, 0.25) is 0 Å². The summed E-state index contributed by atoms with van der Waals surface area (Å²) in [6, 6.07) is 14.2. The fourth-order valence-electron chi connectivity index (χ4n) is 1.75. The van der Waals surface area contributed by atoms with Crippen molar-refractivity contribution in [1.82, 2.24) is 4.48 Å². The van der Waals surface area contributed by atoms with E-state index >= 15 is 0 Å². The Hall–Kier alpha value is -1.85. The van der Waals surface area contributed by atoms with Gasteiger partial charge < -0.3 is 0 Å². The quantitative estimate of drug-likeness (QED) is 0.509. The van der Waals surface area contributed by atoms with Crippen LogP contribution in [0, 0.1) is 11.5 Å². The Morgan fingerprint density at radius 2 is 1.67 bits per heavy atom. The minimum Gasteiger partial charge on any atom is -0.196 e. The van der Waals surface area contributed by atoms with Gasteiger partial charge in [0, 0.05) is 11.5 Å². The molecule has 0 atom stereocenters. The zero-order valence-electron chi connectivity index (χ0n) is 8.94. The summed E-state index contributed by atoms with van der Waals surface area (Å²) in [4.78, 5) is 0. The molecule has 0 unspecified atom stereocenters. The summed E-state index contributed by atoms with van der Waals surface area (Å²) in [6.45, 7) is 0. The van der Waals surface area contributed by atoms with E-state index in [2.05, 4.69) is 24.4 Å². The summed E-state index contributed by atoms with van der Waals surface area (Å²) < 4.78 is 0.237. The molecule has 0 spiro atoms. The number of benzene rings is 2. The first-order valence-corrected chi connectivity index (χ1v) is 4.89. The summed E-state index contributed by atoms with van der Waals surface area (Å²) in [5, 5.41) is 11.5. The van der Waals surface area contributed by atoms with Crippen LogP contribution in [0.3, 0.4) is 0 Å². The molecular weight excluding hydrogens is 184 g/mol. The highest BCUT2D eigenvalue weighted by Gasteiger charge is 2.20. The third-order valence-electron chi connectivity index (χ3n) is 2.62. The van der Waals surface area contributed by atoms with Crippen LogP contribution >= 0.6 is 0 Å². The molecule has 2 aromatic rings. The third kappa shape index (κ3) is 1.58. The Kier molecular flexibility index (Phi) is 2.18.